The topological polar surface area (TPSA) is 68.8 Å². The molecule has 0 bridgehead atoms. The molecule has 9 heteroatoms. The highest BCUT2D eigenvalue weighted by atomic mass is 16.6. The molecular formula is C18H33N5O4. The summed E-state index contributed by atoms with van der Waals surface area (Å²) < 4.78 is 10.3. The summed E-state index contributed by atoms with van der Waals surface area (Å²) in [5.41, 5.74) is 0. The molecule has 3 heterocycles. The van der Waals surface area contributed by atoms with E-state index in [0.29, 0.717) is 13.1 Å². The maximum absolute atomic E-state index is 12.2. The van der Waals surface area contributed by atoms with Gasteiger partial charge in [-0.05, 0) is 7.05 Å². The minimum absolute atomic E-state index is 0.0582. The zero-order valence-corrected chi connectivity index (χ0v) is 16.6. The monoisotopic (exact) mass is 383 g/mol. The van der Waals surface area contributed by atoms with Gasteiger partial charge in [-0.2, -0.15) is 0 Å². The van der Waals surface area contributed by atoms with E-state index in [1.54, 1.807) is 0 Å². The Bertz CT molecular complexity index is 504. The van der Waals surface area contributed by atoms with Crippen LogP contribution >= 0.6 is 0 Å². The standard InChI is InChI=1S/C18H33N5O4/c1-19-3-5-20(6-4-19)11-12-23-14-16(27-18(23)25)13-21-7-9-22(10-8-21)15-17(24)26-2/h16H,3-15H2,1-2H3. The summed E-state index contributed by atoms with van der Waals surface area (Å²) in [6.07, 6.45) is -0.240. The van der Waals surface area contributed by atoms with E-state index in [1.807, 2.05) is 4.90 Å². The van der Waals surface area contributed by atoms with Crippen LogP contribution in [0.5, 0.6) is 0 Å². The number of carbonyl (C=O) groups is 2. The molecule has 3 rings (SSSR count). The van der Waals surface area contributed by atoms with Gasteiger partial charge in [0.25, 0.3) is 0 Å². The third-order valence-corrected chi connectivity index (χ3v) is 5.74. The predicted molar refractivity (Wildman–Crippen MR) is 101 cm³/mol. The molecule has 3 aliphatic rings. The number of likely N-dealkylation sites (N-methyl/N-ethyl adjacent to an activating group) is 1. The van der Waals surface area contributed by atoms with Gasteiger partial charge in [-0.15, -0.1) is 0 Å². The van der Waals surface area contributed by atoms with Crippen LogP contribution in [0.2, 0.25) is 0 Å². The minimum atomic E-state index is -0.191. The van der Waals surface area contributed by atoms with Crippen LogP contribution in [-0.4, -0.2) is 142 Å². The molecule has 1 unspecified atom stereocenters. The molecule has 0 aromatic rings. The van der Waals surface area contributed by atoms with Crippen molar-refractivity contribution in [2.45, 2.75) is 6.10 Å². The molecule has 0 spiro atoms. The first-order valence-electron chi connectivity index (χ1n) is 9.91. The number of methoxy groups -OCH3 is 1. The van der Waals surface area contributed by atoms with Crippen LogP contribution in [0.3, 0.4) is 0 Å². The van der Waals surface area contributed by atoms with Crippen molar-refractivity contribution in [3.63, 3.8) is 0 Å². The van der Waals surface area contributed by atoms with E-state index >= 15 is 0 Å². The van der Waals surface area contributed by atoms with E-state index in [9.17, 15) is 9.59 Å². The summed E-state index contributed by atoms with van der Waals surface area (Å²) in [7, 11) is 3.57. The van der Waals surface area contributed by atoms with Crippen molar-refractivity contribution >= 4 is 12.1 Å². The lowest BCUT2D eigenvalue weighted by Gasteiger charge is -2.34. The number of amides is 1. The van der Waals surface area contributed by atoms with E-state index in [4.69, 9.17) is 9.47 Å². The molecule has 0 aromatic heterocycles. The Morgan fingerprint density at radius 2 is 1.63 bits per heavy atom. The zero-order chi connectivity index (χ0) is 19.2. The van der Waals surface area contributed by atoms with Gasteiger partial charge in [-0.3, -0.25) is 19.5 Å². The normalized spacial score (nSPS) is 26.4. The van der Waals surface area contributed by atoms with Gasteiger partial charge in [0, 0.05) is 72.0 Å². The van der Waals surface area contributed by atoms with Crippen LogP contribution in [0.15, 0.2) is 0 Å². The molecule has 1 atom stereocenters. The van der Waals surface area contributed by atoms with Gasteiger partial charge in [-0.25, -0.2) is 4.79 Å². The molecule has 0 radical (unpaired) electrons. The Balaban J connectivity index is 1.34. The third kappa shape index (κ3) is 6.03. The highest BCUT2D eigenvalue weighted by Gasteiger charge is 2.33. The number of ether oxygens (including phenoxy) is 2. The average molecular weight is 383 g/mol. The lowest BCUT2D eigenvalue weighted by Crippen LogP contribution is -2.50. The summed E-state index contributed by atoms with van der Waals surface area (Å²) in [6.45, 7) is 11.2. The van der Waals surface area contributed by atoms with Gasteiger partial charge < -0.3 is 19.3 Å². The smallest absolute Gasteiger partial charge is 0.410 e. The first kappa shape index (κ1) is 20.3. The van der Waals surface area contributed by atoms with Crippen LogP contribution in [0, 0.1) is 0 Å². The second-order valence-electron chi connectivity index (χ2n) is 7.75. The van der Waals surface area contributed by atoms with Crippen molar-refractivity contribution in [3.8, 4) is 0 Å². The Morgan fingerprint density at radius 1 is 1.00 bits per heavy atom. The SMILES string of the molecule is COC(=O)CN1CCN(CC2CN(CCN3CCN(C)CC3)C(=O)O2)CC1. The number of hydrogen-bond acceptors (Lipinski definition) is 8. The average Bonchev–Trinajstić information content (AvgIpc) is 3.02. The van der Waals surface area contributed by atoms with Gasteiger partial charge in [0.2, 0.25) is 0 Å². The summed E-state index contributed by atoms with van der Waals surface area (Å²) in [4.78, 5) is 34.5. The molecule has 0 N–H and O–H groups in total. The molecule has 0 aromatic carbocycles. The second kappa shape index (κ2) is 9.68. The molecule has 154 valence electrons. The van der Waals surface area contributed by atoms with Crippen LogP contribution in [0.4, 0.5) is 4.79 Å². The van der Waals surface area contributed by atoms with Crippen molar-refractivity contribution in [2.24, 2.45) is 0 Å². The fraction of sp³-hybridized carbons (Fsp3) is 0.889. The number of esters is 1. The predicted octanol–water partition coefficient (Wildman–Crippen LogP) is -1.15. The Labute approximate surface area is 161 Å². The summed E-state index contributed by atoms with van der Waals surface area (Å²) >= 11 is 0. The first-order valence-corrected chi connectivity index (χ1v) is 9.91. The molecule has 9 nitrogen and oxygen atoms in total. The number of nitrogens with zero attached hydrogens (tertiary/aromatic N) is 5. The van der Waals surface area contributed by atoms with E-state index in [-0.39, 0.29) is 18.2 Å². The number of cyclic esters (lactones) is 1. The van der Waals surface area contributed by atoms with Crippen LogP contribution < -0.4 is 0 Å². The van der Waals surface area contributed by atoms with Crippen molar-refractivity contribution in [2.75, 3.05) is 99.2 Å². The van der Waals surface area contributed by atoms with E-state index < -0.39 is 0 Å². The summed E-state index contributed by atoms with van der Waals surface area (Å²) in [6, 6.07) is 0. The lowest BCUT2D eigenvalue weighted by molar-refractivity contribution is -0.142. The quantitative estimate of drug-likeness (QED) is 0.511. The third-order valence-electron chi connectivity index (χ3n) is 5.74. The molecule has 3 saturated heterocycles. The number of carbonyl (C=O) groups excluding carboxylic acids is 2. The van der Waals surface area contributed by atoms with E-state index in [2.05, 4.69) is 26.6 Å². The molecule has 1 amide bonds. The van der Waals surface area contributed by atoms with Crippen LogP contribution in [-0.2, 0) is 14.3 Å². The molecule has 3 aliphatic heterocycles. The highest BCUT2D eigenvalue weighted by Crippen LogP contribution is 2.14. The van der Waals surface area contributed by atoms with Crippen molar-refractivity contribution < 1.29 is 19.1 Å². The largest absolute Gasteiger partial charge is 0.468 e. The Hall–Kier alpha value is -1.42. The molecule has 3 fully saturated rings. The van der Waals surface area contributed by atoms with Crippen molar-refractivity contribution in [1.29, 1.82) is 0 Å². The number of piperazine rings is 2. The van der Waals surface area contributed by atoms with Crippen LogP contribution in [0.1, 0.15) is 0 Å². The van der Waals surface area contributed by atoms with Crippen LogP contribution in [0.25, 0.3) is 0 Å². The van der Waals surface area contributed by atoms with Gasteiger partial charge in [-0.1, -0.05) is 0 Å². The van der Waals surface area contributed by atoms with E-state index in [1.165, 1.54) is 7.11 Å². The molecule has 0 aliphatic carbocycles. The molecule has 27 heavy (non-hydrogen) atoms. The van der Waals surface area contributed by atoms with Gasteiger partial charge >= 0.3 is 12.1 Å². The van der Waals surface area contributed by atoms with Crippen molar-refractivity contribution in [3.05, 3.63) is 0 Å². The lowest BCUT2D eigenvalue weighted by atomic mass is 10.2. The Morgan fingerprint density at radius 3 is 2.30 bits per heavy atom. The van der Waals surface area contributed by atoms with E-state index in [0.717, 1.165) is 72.0 Å². The fourth-order valence-corrected chi connectivity index (χ4v) is 3.85. The number of hydrogen-bond donors (Lipinski definition) is 0. The summed E-state index contributed by atoms with van der Waals surface area (Å²) in [5, 5.41) is 0. The molecular weight excluding hydrogens is 350 g/mol. The second-order valence-corrected chi connectivity index (χ2v) is 7.75. The molecule has 0 saturated carbocycles. The fourth-order valence-electron chi connectivity index (χ4n) is 3.85. The Kier molecular flexibility index (Phi) is 7.28. The van der Waals surface area contributed by atoms with Gasteiger partial charge in [0.15, 0.2) is 0 Å². The maximum Gasteiger partial charge on any atom is 0.410 e. The van der Waals surface area contributed by atoms with Crippen molar-refractivity contribution in [1.82, 2.24) is 24.5 Å². The minimum Gasteiger partial charge on any atom is -0.468 e. The maximum atomic E-state index is 12.2. The van der Waals surface area contributed by atoms with Gasteiger partial charge in [0.1, 0.15) is 6.10 Å². The van der Waals surface area contributed by atoms with Gasteiger partial charge in [0.05, 0.1) is 20.2 Å². The highest BCUT2D eigenvalue weighted by molar-refractivity contribution is 5.71. The number of rotatable bonds is 7. The summed E-state index contributed by atoms with van der Waals surface area (Å²) in [5.74, 6) is -0.191. The first-order chi connectivity index (χ1) is 13.0. The zero-order valence-electron chi connectivity index (χ0n) is 16.6.